The van der Waals surface area contributed by atoms with Crippen LogP contribution in [0.1, 0.15) is 28.8 Å². The Labute approximate surface area is 166 Å². The molecule has 1 aromatic carbocycles. The number of benzene rings is 1. The fraction of sp³-hybridized carbons (Fsp3) is 0.333. The average Bonchev–Trinajstić information content (AvgIpc) is 3.35. The van der Waals surface area contributed by atoms with Crippen LogP contribution in [0.2, 0.25) is 5.02 Å². The first-order valence-corrected chi connectivity index (χ1v) is 9.35. The zero-order valence-electron chi connectivity index (χ0n) is 15.0. The van der Waals surface area contributed by atoms with Gasteiger partial charge >= 0.3 is 0 Å². The van der Waals surface area contributed by atoms with Gasteiger partial charge in [-0.1, -0.05) is 11.6 Å². The Morgan fingerprint density at radius 1 is 1.39 bits per heavy atom. The van der Waals surface area contributed by atoms with E-state index < -0.39 is 0 Å². The fourth-order valence-electron chi connectivity index (χ4n) is 3.45. The molecule has 3 heterocycles. The maximum atomic E-state index is 12.8. The second kappa shape index (κ2) is 7.70. The van der Waals surface area contributed by atoms with Gasteiger partial charge in [-0.25, -0.2) is 4.98 Å². The van der Waals surface area contributed by atoms with Crippen LogP contribution in [0.4, 0.5) is 17.3 Å². The highest BCUT2D eigenvalue weighted by Gasteiger charge is 2.29. The van der Waals surface area contributed by atoms with Crippen LogP contribution in [0.15, 0.2) is 24.3 Å². The second-order valence-corrected chi connectivity index (χ2v) is 7.12. The molecule has 0 bridgehead atoms. The largest absolute Gasteiger partial charge is 0.486 e. The van der Waals surface area contributed by atoms with Crippen LogP contribution >= 0.6 is 11.6 Å². The number of hydrazine groups is 2. The molecule has 0 unspecified atom stereocenters. The van der Waals surface area contributed by atoms with Gasteiger partial charge in [-0.15, -0.1) is 5.53 Å². The number of aliphatic hydroxyl groups is 1. The summed E-state index contributed by atoms with van der Waals surface area (Å²) in [6, 6.07) is 6.59. The van der Waals surface area contributed by atoms with Gasteiger partial charge in [0.1, 0.15) is 18.1 Å². The van der Waals surface area contributed by atoms with E-state index in [1.54, 1.807) is 29.2 Å². The third kappa shape index (κ3) is 3.51. The van der Waals surface area contributed by atoms with E-state index in [1.165, 1.54) is 0 Å². The monoisotopic (exact) mass is 404 g/mol. The minimum Gasteiger partial charge on any atom is -0.486 e. The number of nitrogens with zero attached hydrogens (tertiary/aromatic N) is 2. The molecule has 1 fully saturated rings. The van der Waals surface area contributed by atoms with Gasteiger partial charge in [-0.3, -0.25) is 15.6 Å². The SMILES string of the molecule is Nc1cc(OCc2cc(C(=O)N3CCC[C@H]3CO)ccc2Cl)c2c(n1)NNN2. The number of aromatic nitrogens is 1. The number of fused-ring (bicyclic) bond motifs is 1. The summed E-state index contributed by atoms with van der Waals surface area (Å²) < 4.78 is 5.89. The van der Waals surface area contributed by atoms with Crippen molar-refractivity contribution in [1.29, 1.82) is 0 Å². The summed E-state index contributed by atoms with van der Waals surface area (Å²) in [7, 11) is 0. The Morgan fingerprint density at radius 3 is 3.07 bits per heavy atom. The van der Waals surface area contributed by atoms with Crippen molar-refractivity contribution in [2.75, 3.05) is 29.7 Å². The lowest BCUT2D eigenvalue weighted by atomic mass is 10.1. The summed E-state index contributed by atoms with van der Waals surface area (Å²) in [5.74, 6) is 1.24. The molecule has 1 saturated heterocycles. The number of carbonyl (C=O) groups excluding carboxylic acids is 1. The van der Waals surface area contributed by atoms with Gasteiger partial charge in [0.05, 0.1) is 12.6 Å². The third-order valence-electron chi connectivity index (χ3n) is 4.90. The molecule has 0 saturated carbocycles. The lowest BCUT2D eigenvalue weighted by Crippen LogP contribution is -2.37. The number of nitrogen functional groups attached to an aromatic ring is 1. The Bertz CT molecular complexity index is 909. The zero-order chi connectivity index (χ0) is 19.7. The molecule has 9 nitrogen and oxygen atoms in total. The van der Waals surface area contributed by atoms with Gasteiger partial charge in [0.15, 0.2) is 11.6 Å². The van der Waals surface area contributed by atoms with E-state index in [9.17, 15) is 9.90 Å². The Morgan fingerprint density at radius 2 is 2.25 bits per heavy atom. The number of nitrogens with two attached hydrogens (primary N) is 1. The molecule has 6 N–H and O–H groups in total. The van der Waals surface area contributed by atoms with Crippen molar-refractivity contribution in [3.63, 3.8) is 0 Å². The number of hydrogen-bond acceptors (Lipinski definition) is 8. The van der Waals surface area contributed by atoms with Crippen LogP contribution in [0.5, 0.6) is 5.75 Å². The summed E-state index contributed by atoms with van der Waals surface area (Å²) in [6.45, 7) is 0.770. The van der Waals surface area contributed by atoms with Gasteiger partial charge in [0.2, 0.25) is 0 Å². The molecule has 1 atom stereocenters. The summed E-state index contributed by atoms with van der Waals surface area (Å²) in [5.41, 5.74) is 16.1. The summed E-state index contributed by atoms with van der Waals surface area (Å²) in [6.07, 6.45) is 1.71. The number of amides is 1. The van der Waals surface area contributed by atoms with Gasteiger partial charge in [-0.05, 0) is 31.0 Å². The van der Waals surface area contributed by atoms with Gasteiger partial charge in [0.25, 0.3) is 5.91 Å². The van der Waals surface area contributed by atoms with Crippen molar-refractivity contribution in [3.05, 3.63) is 40.4 Å². The molecule has 1 aromatic heterocycles. The van der Waals surface area contributed by atoms with Gasteiger partial charge in [0, 0.05) is 28.8 Å². The smallest absolute Gasteiger partial charge is 0.254 e. The lowest BCUT2D eigenvalue weighted by Gasteiger charge is -2.23. The topological polar surface area (TPSA) is 125 Å². The maximum Gasteiger partial charge on any atom is 0.254 e. The molecule has 28 heavy (non-hydrogen) atoms. The van der Waals surface area contributed by atoms with Crippen molar-refractivity contribution >= 4 is 34.8 Å². The van der Waals surface area contributed by atoms with Gasteiger partial charge < -0.3 is 20.5 Å². The minimum atomic E-state index is -0.128. The Kier molecular flexibility index (Phi) is 5.12. The molecule has 1 amide bonds. The quantitative estimate of drug-likeness (QED) is 0.510. The van der Waals surface area contributed by atoms with E-state index in [-0.39, 0.29) is 25.2 Å². The molecule has 2 aliphatic rings. The lowest BCUT2D eigenvalue weighted by molar-refractivity contribution is 0.0677. The van der Waals surface area contributed by atoms with E-state index in [4.69, 9.17) is 22.1 Å². The van der Waals surface area contributed by atoms with Crippen LogP contribution in [0, 0.1) is 0 Å². The van der Waals surface area contributed by atoms with Crippen molar-refractivity contribution in [2.45, 2.75) is 25.5 Å². The first-order valence-electron chi connectivity index (χ1n) is 8.97. The van der Waals surface area contributed by atoms with E-state index in [1.807, 2.05) is 0 Å². The van der Waals surface area contributed by atoms with E-state index in [2.05, 4.69) is 21.4 Å². The highest BCUT2D eigenvalue weighted by atomic mass is 35.5. The normalized spacial score (nSPS) is 17.8. The third-order valence-corrected chi connectivity index (χ3v) is 5.26. The molecule has 0 aliphatic carbocycles. The van der Waals surface area contributed by atoms with Crippen molar-refractivity contribution in [3.8, 4) is 5.75 Å². The first kappa shape index (κ1) is 18.6. The number of aliphatic hydroxyl groups excluding tert-OH is 1. The van der Waals surface area contributed by atoms with E-state index in [0.29, 0.717) is 45.8 Å². The minimum absolute atomic E-state index is 0.0288. The number of anilines is 3. The van der Waals surface area contributed by atoms with Crippen molar-refractivity contribution in [1.82, 2.24) is 15.4 Å². The highest BCUT2D eigenvalue weighted by molar-refractivity contribution is 6.31. The zero-order valence-corrected chi connectivity index (χ0v) is 15.8. The number of likely N-dealkylation sites (tertiary alicyclic amines) is 1. The number of hydrogen-bond donors (Lipinski definition) is 5. The standard InChI is InChI=1S/C18H21ClN6O3/c19-13-4-3-10(18(27)25-5-1-2-12(25)8-26)6-11(13)9-28-14-7-15(20)21-17-16(14)22-24-23-17/h3-4,6-7,12,22,24,26H,1-2,5,8-9H2,(H3,20,21,23)/t12-/m0/s1. The molecular formula is C18H21ClN6O3. The molecule has 0 radical (unpaired) electrons. The van der Waals surface area contributed by atoms with Crippen LogP contribution in [-0.4, -0.2) is 40.1 Å². The van der Waals surface area contributed by atoms with Crippen molar-refractivity contribution < 1.29 is 14.6 Å². The highest BCUT2D eigenvalue weighted by Crippen LogP contribution is 2.35. The number of pyridine rings is 1. The number of ether oxygens (including phenoxy) is 1. The fourth-order valence-corrected chi connectivity index (χ4v) is 3.62. The van der Waals surface area contributed by atoms with Crippen LogP contribution < -0.4 is 26.9 Å². The number of carbonyl (C=O) groups is 1. The van der Waals surface area contributed by atoms with Gasteiger partial charge in [-0.2, -0.15) is 0 Å². The van der Waals surface area contributed by atoms with E-state index >= 15 is 0 Å². The van der Waals surface area contributed by atoms with Crippen LogP contribution in [0.25, 0.3) is 0 Å². The molecule has 2 aliphatic heterocycles. The van der Waals surface area contributed by atoms with Crippen LogP contribution in [-0.2, 0) is 6.61 Å². The molecule has 2 aromatic rings. The summed E-state index contributed by atoms with van der Waals surface area (Å²) >= 11 is 6.31. The maximum absolute atomic E-state index is 12.8. The molecule has 0 spiro atoms. The molecule has 148 valence electrons. The number of nitrogens with one attached hydrogen (secondary N) is 3. The predicted molar refractivity (Wildman–Crippen MR) is 106 cm³/mol. The first-order chi connectivity index (χ1) is 13.6. The Hall–Kier alpha value is -2.75. The molecule has 10 heteroatoms. The summed E-state index contributed by atoms with van der Waals surface area (Å²) in [5, 5.41) is 9.97. The molecule has 4 rings (SSSR count). The predicted octanol–water partition coefficient (Wildman–Crippen LogP) is 1.75. The van der Waals surface area contributed by atoms with E-state index in [0.717, 1.165) is 12.8 Å². The Balaban J connectivity index is 1.53. The van der Waals surface area contributed by atoms with Crippen LogP contribution in [0.3, 0.4) is 0 Å². The summed E-state index contributed by atoms with van der Waals surface area (Å²) in [4.78, 5) is 18.7. The van der Waals surface area contributed by atoms with Crippen molar-refractivity contribution in [2.24, 2.45) is 0 Å². The second-order valence-electron chi connectivity index (χ2n) is 6.72. The number of halogens is 1. The number of rotatable bonds is 5. The molecular weight excluding hydrogens is 384 g/mol. The average molecular weight is 405 g/mol.